The molecule has 0 spiro atoms. The molecule has 0 aliphatic carbocycles. The van der Waals surface area contributed by atoms with E-state index in [9.17, 15) is 27.5 Å². The maximum Gasteiger partial charge on any atom is 0.336 e. The zero-order chi connectivity index (χ0) is 22.9. The predicted octanol–water partition coefficient (Wildman–Crippen LogP) is 4.57. The number of anilines is 1. The summed E-state index contributed by atoms with van der Waals surface area (Å²) in [5.41, 5.74) is -1.71. The van der Waals surface area contributed by atoms with Gasteiger partial charge in [0, 0.05) is 11.2 Å². The Bertz CT molecular complexity index is 1330. The van der Waals surface area contributed by atoms with Crippen molar-refractivity contribution in [2.45, 2.75) is 11.8 Å². The van der Waals surface area contributed by atoms with Crippen LogP contribution in [0, 0.1) is 12.7 Å². The molecule has 11 heteroatoms. The van der Waals surface area contributed by atoms with E-state index < -0.39 is 44.4 Å². The molecule has 0 radical (unpaired) electrons. The van der Waals surface area contributed by atoms with Crippen LogP contribution in [0.25, 0.3) is 0 Å². The Balaban J connectivity index is 2.11. The molecule has 2 aromatic carbocycles. The van der Waals surface area contributed by atoms with Crippen LogP contribution in [0.3, 0.4) is 0 Å². The fraction of sp³-hybridized carbons (Fsp3) is 0.0500. The highest BCUT2D eigenvalue weighted by molar-refractivity contribution is 7.92. The molecule has 1 aromatic heterocycles. The number of carboxylic acids is 1. The maximum atomic E-state index is 14.4. The average molecular weight is 483 g/mol. The van der Waals surface area contributed by atoms with Crippen LogP contribution in [-0.4, -0.2) is 30.3 Å². The van der Waals surface area contributed by atoms with Crippen molar-refractivity contribution in [3.63, 3.8) is 0 Å². The van der Waals surface area contributed by atoms with Gasteiger partial charge in [0.1, 0.15) is 11.5 Å². The first-order valence-corrected chi connectivity index (χ1v) is 10.8. The van der Waals surface area contributed by atoms with Crippen LogP contribution >= 0.6 is 23.2 Å². The zero-order valence-electron chi connectivity index (χ0n) is 15.7. The number of nitrogens with zero attached hydrogens (tertiary/aromatic N) is 1. The van der Waals surface area contributed by atoms with E-state index in [0.29, 0.717) is 10.6 Å². The lowest BCUT2D eigenvalue weighted by Gasteiger charge is -2.13. The van der Waals surface area contributed by atoms with Gasteiger partial charge in [-0.3, -0.25) is 9.52 Å². The number of halogens is 3. The molecule has 0 unspecified atom stereocenters. The molecule has 2 N–H and O–H groups in total. The number of rotatable bonds is 6. The van der Waals surface area contributed by atoms with Crippen LogP contribution in [0.15, 0.2) is 53.6 Å². The summed E-state index contributed by atoms with van der Waals surface area (Å²) in [6.45, 7) is 1.61. The number of hydrogen-bond donors (Lipinski definition) is 2. The highest BCUT2D eigenvalue weighted by Crippen LogP contribution is 2.27. The molecule has 0 saturated carbocycles. The third-order valence-electron chi connectivity index (χ3n) is 4.22. The molecule has 0 amide bonds. The summed E-state index contributed by atoms with van der Waals surface area (Å²) >= 11 is 11.8. The number of benzene rings is 2. The van der Waals surface area contributed by atoms with Crippen molar-refractivity contribution in [1.29, 1.82) is 0 Å². The molecule has 0 fully saturated rings. The van der Waals surface area contributed by atoms with Crippen molar-refractivity contribution in [2.24, 2.45) is 0 Å². The Morgan fingerprint density at radius 1 is 1.13 bits per heavy atom. The van der Waals surface area contributed by atoms with Crippen LogP contribution < -0.4 is 4.72 Å². The van der Waals surface area contributed by atoms with E-state index in [4.69, 9.17) is 23.2 Å². The standard InChI is InChI=1S/C20H13Cl2FN2O5S/c1-10-7-12(5-6-14(10)22)31(29,30)25-16-8-11(21)9-24-18(16)19(26)17-13(20(27)28)3-2-4-15(17)23/h2-9,25H,1H3,(H,27,28). The molecular weight excluding hydrogens is 470 g/mol. The molecule has 160 valence electrons. The van der Waals surface area contributed by atoms with Gasteiger partial charge < -0.3 is 5.11 Å². The van der Waals surface area contributed by atoms with Crippen molar-refractivity contribution in [1.82, 2.24) is 4.98 Å². The number of hydrogen-bond acceptors (Lipinski definition) is 5. The van der Waals surface area contributed by atoms with E-state index in [-0.39, 0.29) is 15.6 Å². The third kappa shape index (κ3) is 4.68. The number of aromatic nitrogens is 1. The minimum Gasteiger partial charge on any atom is -0.478 e. The van der Waals surface area contributed by atoms with Crippen molar-refractivity contribution in [3.05, 3.63) is 86.9 Å². The molecule has 31 heavy (non-hydrogen) atoms. The van der Waals surface area contributed by atoms with E-state index in [0.717, 1.165) is 30.5 Å². The smallest absolute Gasteiger partial charge is 0.336 e. The first kappa shape index (κ1) is 22.7. The number of aromatic carboxylic acids is 1. The SMILES string of the molecule is Cc1cc(S(=O)(=O)Nc2cc(Cl)cnc2C(=O)c2c(F)cccc2C(=O)O)ccc1Cl. The Labute approximate surface area is 186 Å². The Kier molecular flexibility index (Phi) is 6.30. The highest BCUT2D eigenvalue weighted by atomic mass is 35.5. The van der Waals surface area contributed by atoms with Gasteiger partial charge in [0.15, 0.2) is 0 Å². The highest BCUT2D eigenvalue weighted by Gasteiger charge is 2.27. The fourth-order valence-electron chi connectivity index (χ4n) is 2.74. The summed E-state index contributed by atoms with van der Waals surface area (Å²) in [4.78, 5) is 28.1. The Morgan fingerprint density at radius 3 is 2.48 bits per heavy atom. The van der Waals surface area contributed by atoms with E-state index >= 15 is 0 Å². The summed E-state index contributed by atoms with van der Waals surface area (Å²) in [6.07, 6.45) is 1.06. The average Bonchev–Trinajstić information content (AvgIpc) is 2.69. The summed E-state index contributed by atoms with van der Waals surface area (Å²) in [5.74, 6) is -3.75. The normalized spacial score (nSPS) is 11.2. The molecule has 3 aromatic rings. The van der Waals surface area contributed by atoms with Gasteiger partial charge in [-0.05, 0) is 48.9 Å². The van der Waals surface area contributed by atoms with Gasteiger partial charge in [0.05, 0.1) is 26.7 Å². The summed E-state index contributed by atoms with van der Waals surface area (Å²) in [6, 6.07) is 8.19. The molecular formula is C20H13Cl2FN2O5S. The zero-order valence-corrected chi connectivity index (χ0v) is 18.0. The second-order valence-corrected chi connectivity index (χ2v) is 8.89. The minimum atomic E-state index is -4.21. The number of carbonyl (C=O) groups is 2. The monoisotopic (exact) mass is 482 g/mol. The quantitative estimate of drug-likeness (QED) is 0.497. The number of pyridine rings is 1. The van der Waals surface area contributed by atoms with E-state index in [1.807, 2.05) is 0 Å². The summed E-state index contributed by atoms with van der Waals surface area (Å²) in [7, 11) is -4.21. The van der Waals surface area contributed by atoms with Crippen molar-refractivity contribution < 1.29 is 27.5 Å². The van der Waals surface area contributed by atoms with Crippen LogP contribution in [0.4, 0.5) is 10.1 Å². The molecule has 3 rings (SSSR count). The van der Waals surface area contributed by atoms with Crippen LogP contribution in [0.1, 0.15) is 32.0 Å². The fourth-order valence-corrected chi connectivity index (χ4v) is 4.16. The van der Waals surface area contributed by atoms with Crippen LogP contribution in [-0.2, 0) is 10.0 Å². The van der Waals surface area contributed by atoms with Gasteiger partial charge in [-0.25, -0.2) is 22.6 Å². The van der Waals surface area contributed by atoms with E-state index in [2.05, 4.69) is 9.71 Å². The molecule has 0 aliphatic rings. The van der Waals surface area contributed by atoms with Gasteiger partial charge in [0.2, 0.25) is 5.78 Å². The lowest BCUT2D eigenvalue weighted by Crippen LogP contribution is -2.19. The molecule has 0 atom stereocenters. The largest absolute Gasteiger partial charge is 0.478 e. The lowest BCUT2D eigenvalue weighted by molar-refractivity contribution is 0.0692. The topological polar surface area (TPSA) is 113 Å². The van der Waals surface area contributed by atoms with Gasteiger partial charge in [0.25, 0.3) is 10.0 Å². The summed E-state index contributed by atoms with van der Waals surface area (Å²) < 4.78 is 42.2. The predicted molar refractivity (Wildman–Crippen MR) is 113 cm³/mol. The van der Waals surface area contributed by atoms with Gasteiger partial charge in [-0.15, -0.1) is 0 Å². The second kappa shape index (κ2) is 8.62. The molecule has 0 bridgehead atoms. The first-order chi connectivity index (χ1) is 14.5. The van der Waals surface area contributed by atoms with Crippen molar-refractivity contribution in [3.8, 4) is 0 Å². The Morgan fingerprint density at radius 2 is 1.84 bits per heavy atom. The summed E-state index contributed by atoms with van der Waals surface area (Å²) in [5, 5.41) is 9.66. The first-order valence-electron chi connectivity index (χ1n) is 8.52. The molecule has 1 heterocycles. The van der Waals surface area contributed by atoms with Crippen molar-refractivity contribution >= 4 is 50.7 Å². The lowest BCUT2D eigenvalue weighted by atomic mass is 10.00. The number of carbonyl (C=O) groups excluding carboxylic acids is 1. The number of ketones is 1. The van der Waals surface area contributed by atoms with Gasteiger partial charge >= 0.3 is 5.97 Å². The second-order valence-electron chi connectivity index (χ2n) is 6.36. The molecule has 7 nitrogen and oxygen atoms in total. The Hall–Kier alpha value is -3.01. The van der Waals surface area contributed by atoms with Crippen LogP contribution in [0.5, 0.6) is 0 Å². The number of sulfonamides is 1. The number of nitrogens with one attached hydrogen (secondary N) is 1. The number of aryl methyl sites for hydroxylation is 1. The van der Waals surface area contributed by atoms with Gasteiger partial charge in [-0.2, -0.15) is 0 Å². The van der Waals surface area contributed by atoms with E-state index in [1.165, 1.54) is 18.2 Å². The maximum absolute atomic E-state index is 14.4. The minimum absolute atomic E-state index is 0.00599. The third-order valence-corrected chi connectivity index (χ3v) is 6.22. The van der Waals surface area contributed by atoms with Crippen molar-refractivity contribution in [2.75, 3.05) is 4.72 Å². The van der Waals surface area contributed by atoms with Crippen LogP contribution in [0.2, 0.25) is 10.0 Å². The van der Waals surface area contributed by atoms with E-state index in [1.54, 1.807) is 6.92 Å². The molecule has 0 saturated heterocycles. The van der Waals surface area contributed by atoms with Gasteiger partial charge in [-0.1, -0.05) is 29.3 Å². The number of carboxylic acid groups (broad SMARTS) is 1. The molecule has 0 aliphatic heterocycles.